The van der Waals surface area contributed by atoms with E-state index in [0.717, 1.165) is 18.4 Å². The minimum atomic E-state index is -0.311. The van der Waals surface area contributed by atoms with Crippen LogP contribution in [0.3, 0.4) is 0 Å². The van der Waals surface area contributed by atoms with E-state index in [4.69, 9.17) is 9.84 Å². The van der Waals surface area contributed by atoms with Crippen molar-refractivity contribution in [1.29, 1.82) is 0 Å². The van der Waals surface area contributed by atoms with Gasteiger partial charge in [-0.1, -0.05) is 19.9 Å². The van der Waals surface area contributed by atoms with Gasteiger partial charge in [-0.15, -0.1) is 0 Å². The van der Waals surface area contributed by atoms with Crippen molar-refractivity contribution in [1.82, 2.24) is 0 Å². The van der Waals surface area contributed by atoms with Gasteiger partial charge in [-0.2, -0.15) is 0 Å². The molecule has 1 unspecified atom stereocenters. The fraction of sp³-hybridized carbons (Fsp3) is 0.571. The second-order valence-corrected chi connectivity index (χ2v) is 4.80. The van der Waals surface area contributed by atoms with Crippen molar-refractivity contribution in [2.75, 3.05) is 6.61 Å². The van der Waals surface area contributed by atoms with Crippen LogP contribution in [0.4, 0.5) is 4.39 Å². The smallest absolute Gasteiger partial charge is 0.126 e. The van der Waals surface area contributed by atoms with E-state index in [1.165, 1.54) is 12.1 Å². The number of ether oxygens (including phenoxy) is 1. The highest BCUT2D eigenvalue weighted by Crippen LogP contribution is 2.23. The Morgan fingerprint density at radius 2 is 2.00 bits per heavy atom. The van der Waals surface area contributed by atoms with Crippen LogP contribution in [0.15, 0.2) is 18.2 Å². The van der Waals surface area contributed by atoms with Crippen LogP contribution in [0.2, 0.25) is 0 Å². The van der Waals surface area contributed by atoms with Crippen LogP contribution in [0.1, 0.15) is 32.8 Å². The predicted molar refractivity (Wildman–Crippen MR) is 66.7 cm³/mol. The zero-order chi connectivity index (χ0) is 12.8. The van der Waals surface area contributed by atoms with E-state index in [1.807, 2.05) is 0 Å². The third kappa shape index (κ3) is 4.73. The van der Waals surface area contributed by atoms with Crippen molar-refractivity contribution in [3.63, 3.8) is 0 Å². The topological polar surface area (TPSA) is 29.5 Å². The van der Waals surface area contributed by atoms with E-state index in [9.17, 15) is 4.39 Å². The van der Waals surface area contributed by atoms with Gasteiger partial charge < -0.3 is 9.84 Å². The standard InChI is InChI=1S/C14H21FO2/c1-10(2)4-5-12-6-7-13(15)8-14(12)17-11(3)9-16/h6-8,10-11,16H,4-5,9H2,1-3H3. The molecule has 0 spiro atoms. The third-order valence-electron chi connectivity index (χ3n) is 2.61. The molecule has 0 saturated heterocycles. The van der Waals surface area contributed by atoms with Gasteiger partial charge in [0.15, 0.2) is 0 Å². The molecule has 0 radical (unpaired) electrons. The molecule has 3 heteroatoms. The second-order valence-electron chi connectivity index (χ2n) is 4.80. The molecule has 1 rings (SSSR count). The van der Waals surface area contributed by atoms with Gasteiger partial charge in [0, 0.05) is 6.07 Å². The number of aliphatic hydroxyl groups excluding tert-OH is 1. The van der Waals surface area contributed by atoms with Crippen LogP contribution in [0.5, 0.6) is 5.75 Å². The van der Waals surface area contributed by atoms with Gasteiger partial charge >= 0.3 is 0 Å². The van der Waals surface area contributed by atoms with Crippen LogP contribution in [0.25, 0.3) is 0 Å². The number of hydrogen-bond acceptors (Lipinski definition) is 2. The fourth-order valence-electron chi connectivity index (χ4n) is 1.54. The molecule has 0 fully saturated rings. The van der Waals surface area contributed by atoms with Gasteiger partial charge in [0.2, 0.25) is 0 Å². The Labute approximate surface area is 102 Å². The molecule has 0 aliphatic rings. The summed E-state index contributed by atoms with van der Waals surface area (Å²) in [5.41, 5.74) is 1.00. The summed E-state index contributed by atoms with van der Waals surface area (Å²) < 4.78 is 18.7. The number of halogens is 1. The summed E-state index contributed by atoms with van der Waals surface area (Å²) in [6, 6.07) is 4.60. The summed E-state index contributed by atoms with van der Waals surface area (Å²) in [7, 11) is 0. The maximum Gasteiger partial charge on any atom is 0.126 e. The number of benzene rings is 1. The Kier molecular flexibility index (Phi) is 5.42. The fourth-order valence-corrected chi connectivity index (χ4v) is 1.54. The molecule has 0 amide bonds. The molecule has 1 N–H and O–H groups in total. The van der Waals surface area contributed by atoms with Crippen LogP contribution in [0, 0.1) is 11.7 Å². The van der Waals surface area contributed by atoms with Crippen molar-refractivity contribution in [3.8, 4) is 5.75 Å². The average Bonchev–Trinajstić information content (AvgIpc) is 2.27. The lowest BCUT2D eigenvalue weighted by atomic mass is 10.0. The van der Waals surface area contributed by atoms with Crippen LogP contribution in [-0.4, -0.2) is 17.8 Å². The van der Waals surface area contributed by atoms with Gasteiger partial charge in [-0.25, -0.2) is 4.39 Å². The Morgan fingerprint density at radius 3 is 2.59 bits per heavy atom. The maximum atomic E-state index is 13.2. The minimum absolute atomic E-state index is 0.0693. The first kappa shape index (κ1) is 14.0. The summed E-state index contributed by atoms with van der Waals surface area (Å²) in [5, 5.41) is 8.96. The molecule has 1 aromatic rings. The summed E-state index contributed by atoms with van der Waals surface area (Å²) >= 11 is 0. The Balaban J connectivity index is 2.79. The minimum Gasteiger partial charge on any atom is -0.488 e. The molecule has 96 valence electrons. The first-order chi connectivity index (χ1) is 8.02. The van der Waals surface area contributed by atoms with Gasteiger partial charge in [-0.3, -0.25) is 0 Å². The molecule has 0 saturated carbocycles. The third-order valence-corrected chi connectivity index (χ3v) is 2.61. The van der Waals surface area contributed by atoms with E-state index < -0.39 is 0 Å². The lowest BCUT2D eigenvalue weighted by Crippen LogP contribution is -2.17. The molecule has 0 aromatic heterocycles. The number of aliphatic hydroxyl groups is 1. The normalized spacial score (nSPS) is 12.8. The van der Waals surface area contributed by atoms with Crippen molar-refractivity contribution in [2.45, 2.75) is 39.7 Å². The molecule has 0 bridgehead atoms. The summed E-state index contributed by atoms with van der Waals surface area (Å²) in [6.07, 6.45) is 1.59. The molecule has 2 nitrogen and oxygen atoms in total. The summed E-state index contributed by atoms with van der Waals surface area (Å²) in [4.78, 5) is 0. The molecule has 17 heavy (non-hydrogen) atoms. The molecular weight excluding hydrogens is 219 g/mol. The van der Waals surface area contributed by atoms with Crippen molar-refractivity contribution >= 4 is 0 Å². The zero-order valence-corrected chi connectivity index (χ0v) is 10.7. The van der Waals surface area contributed by atoms with Crippen LogP contribution in [-0.2, 0) is 6.42 Å². The second kappa shape index (κ2) is 6.60. The largest absolute Gasteiger partial charge is 0.488 e. The SMILES string of the molecule is CC(C)CCc1ccc(F)cc1OC(C)CO. The van der Waals surface area contributed by atoms with E-state index in [-0.39, 0.29) is 18.5 Å². The van der Waals surface area contributed by atoms with E-state index in [0.29, 0.717) is 11.7 Å². The van der Waals surface area contributed by atoms with Gasteiger partial charge in [0.05, 0.1) is 6.61 Å². The Bertz CT molecular complexity index is 350. The van der Waals surface area contributed by atoms with Crippen LogP contribution < -0.4 is 4.74 Å². The van der Waals surface area contributed by atoms with Crippen LogP contribution >= 0.6 is 0 Å². The maximum absolute atomic E-state index is 13.2. The molecular formula is C14H21FO2. The summed E-state index contributed by atoms with van der Waals surface area (Å²) in [6.45, 7) is 6.00. The quantitative estimate of drug-likeness (QED) is 0.827. The highest BCUT2D eigenvalue weighted by Gasteiger charge is 2.09. The van der Waals surface area contributed by atoms with Gasteiger partial charge in [-0.05, 0) is 37.3 Å². The highest BCUT2D eigenvalue weighted by atomic mass is 19.1. The Morgan fingerprint density at radius 1 is 1.29 bits per heavy atom. The molecule has 0 heterocycles. The van der Waals surface area contributed by atoms with Gasteiger partial charge in [0.25, 0.3) is 0 Å². The van der Waals surface area contributed by atoms with E-state index >= 15 is 0 Å². The zero-order valence-electron chi connectivity index (χ0n) is 10.7. The molecule has 0 aliphatic heterocycles. The van der Waals surface area contributed by atoms with E-state index in [1.54, 1.807) is 13.0 Å². The van der Waals surface area contributed by atoms with Crippen molar-refractivity contribution in [3.05, 3.63) is 29.6 Å². The average molecular weight is 240 g/mol. The Hall–Kier alpha value is -1.09. The summed E-state index contributed by atoms with van der Waals surface area (Å²) in [5.74, 6) is 0.841. The number of hydrogen-bond donors (Lipinski definition) is 1. The number of aryl methyl sites for hydroxylation is 1. The monoisotopic (exact) mass is 240 g/mol. The molecule has 1 aromatic carbocycles. The van der Waals surface area contributed by atoms with E-state index in [2.05, 4.69) is 13.8 Å². The predicted octanol–water partition coefficient (Wildman–Crippen LogP) is 3.17. The first-order valence-corrected chi connectivity index (χ1v) is 6.09. The van der Waals surface area contributed by atoms with Crippen molar-refractivity contribution < 1.29 is 14.2 Å². The van der Waals surface area contributed by atoms with Crippen molar-refractivity contribution in [2.24, 2.45) is 5.92 Å². The highest BCUT2D eigenvalue weighted by molar-refractivity contribution is 5.34. The first-order valence-electron chi connectivity index (χ1n) is 6.09. The lowest BCUT2D eigenvalue weighted by Gasteiger charge is -2.16. The lowest BCUT2D eigenvalue weighted by molar-refractivity contribution is 0.128. The number of rotatable bonds is 6. The van der Waals surface area contributed by atoms with Gasteiger partial charge in [0.1, 0.15) is 17.7 Å². The molecule has 0 aliphatic carbocycles. The molecule has 1 atom stereocenters.